The first-order valence-electron chi connectivity index (χ1n) is 8.66. The monoisotopic (exact) mass is 337 g/mol. The van der Waals surface area contributed by atoms with Crippen LogP contribution in [0.5, 0.6) is 0 Å². The lowest BCUT2D eigenvalue weighted by atomic mass is 10.0. The lowest BCUT2D eigenvalue weighted by molar-refractivity contribution is -0.121. The van der Waals surface area contributed by atoms with Gasteiger partial charge in [-0.15, -0.1) is 0 Å². The van der Waals surface area contributed by atoms with Crippen molar-refractivity contribution in [3.8, 4) is 0 Å². The number of piperidine rings is 1. The van der Waals surface area contributed by atoms with E-state index in [1.165, 1.54) is 0 Å². The van der Waals surface area contributed by atoms with E-state index in [0.717, 1.165) is 24.0 Å². The molecule has 5 nitrogen and oxygen atoms in total. The molecule has 0 spiro atoms. The van der Waals surface area contributed by atoms with Crippen LogP contribution in [-0.2, 0) is 11.2 Å². The molecule has 2 aromatic rings. The van der Waals surface area contributed by atoms with Crippen molar-refractivity contribution >= 4 is 11.8 Å². The number of rotatable bonds is 4. The van der Waals surface area contributed by atoms with Gasteiger partial charge in [0.25, 0.3) is 5.91 Å². The highest BCUT2D eigenvalue weighted by Gasteiger charge is 2.24. The summed E-state index contributed by atoms with van der Waals surface area (Å²) in [6.07, 6.45) is 5.24. The smallest absolute Gasteiger partial charge is 0.253 e. The van der Waals surface area contributed by atoms with E-state index < -0.39 is 0 Å². The molecule has 1 fully saturated rings. The summed E-state index contributed by atoms with van der Waals surface area (Å²) in [5.41, 5.74) is 2.86. The van der Waals surface area contributed by atoms with Crippen LogP contribution in [0, 0.1) is 6.92 Å². The van der Waals surface area contributed by atoms with Gasteiger partial charge < -0.3 is 10.2 Å². The van der Waals surface area contributed by atoms with E-state index in [-0.39, 0.29) is 17.9 Å². The van der Waals surface area contributed by atoms with Crippen molar-refractivity contribution in [1.29, 1.82) is 0 Å². The van der Waals surface area contributed by atoms with Gasteiger partial charge in [0.2, 0.25) is 5.91 Å². The fourth-order valence-corrected chi connectivity index (χ4v) is 3.16. The Labute approximate surface area is 148 Å². The Morgan fingerprint density at radius 2 is 1.80 bits per heavy atom. The van der Waals surface area contributed by atoms with E-state index in [0.29, 0.717) is 25.1 Å². The molecule has 0 aliphatic carbocycles. The molecule has 130 valence electrons. The molecular weight excluding hydrogens is 314 g/mol. The first-order valence-corrected chi connectivity index (χ1v) is 8.66. The van der Waals surface area contributed by atoms with Crippen LogP contribution in [0.15, 0.2) is 48.8 Å². The first kappa shape index (κ1) is 17.1. The van der Waals surface area contributed by atoms with Gasteiger partial charge in [0, 0.05) is 37.1 Å². The molecule has 2 heterocycles. The number of benzene rings is 1. The van der Waals surface area contributed by atoms with Crippen molar-refractivity contribution < 1.29 is 9.59 Å². The van der Waals surface area contributed by atoms with Gasteiger partial charge in [-0.05, 0) is 43.0 Å². The number of pyridine rings is 1. The number of likely N-dealkylation sites (tertiary alicyclic amines) is 1. The highest BCUT2D eigenvalue weighted by atomic mass is 16.2. The molecule has 1 saturated heterocycles. The summed E-state index contributed by atoms with van der Waals surface area (Å²) < 4.78 is 0. The van der Waals surface area contributed by atoms with Crippen molar-refractivity contribution in [2.75, 3.05) is 13.1 Å². The molecule has 1 aromatic heterocycles. The predicted molar refractivity (Wildman–Crippen MR) is 96.2 cm³/mol. The van der Waals surface area contributed by atoms with Crippen LogP contribution in [-0.4, -0.2) is 40.8 Å². The van der Waals surface area contributed by atoms with Gasteiger partial charge in [-0.25, -0.2) is 0 Å². The van der Waals surface area contributed by atoms with Crippen molar-refractivity contribution in [3.63, 3.8) is 0 Å². The average molecular weight is 337 g/mol. The van der Waals surface area contributed by atoms with Crippen molar-refractivity contribution in [3.05, 3.63) is 65.5 Å². The lowest BCUT2D eigenvalue weighted by Crippen LogP contribution is -2.46. The minimum absolute atomic E-state index is 0.0343. The van der Waals surface area contributed by atoms with Crippen LogP contribution >= 0.6 is 0 Å². The molecule has 1 N–H and O–H groups in total. The van der Waals surface area contributed by atoms with E-state index in [2.05, 4.69) is 10.3 Å². The number of aromatic nitrogens is 1. The highest BCUT2D eigenvalue weighted by molar-refractivity contribution is 5.94. The zero-order chi connectivity index (χ0) is 17.6. The number of carbonyl (C=O) groups excluding carboxylic acids is 2. The molecule has 25 heavy (non-hydrogen) atoms. The van der Waals surface area contributed by atoms with E-state index >= 15 is 0 Å². The molecule has 5 heteroatoms. The molecule has 1 aromatic carbocycles. The van der Waals surface area contributed by atoms with Crippen LogP contribution in [0.1, 0.15) is 34.3 Å². The van der Waals surface area contributed by atoms with Crippen LogP contribution in [0.2, 0.25) is 0 Å². The second kappa shape index (κ2) is 7.92. The Hall–Kier alpha value is -2.69. The SMILES string of the molecule is Cc1ccccc1CC(=O)NC1CCN(C(=O)c2ccncc2)CC1. The molecule has 0 radical (unpaired) electrons. The summed E-state index contributed by atoms with van der Waals surface area (Å²) in [6, 6.07) is 11.6. The minimum atomic E-state index is 0.0343. The standard InChI is InChI=1S/C20H23N3O2/c1-15-4-2-3-5-17(15)14-19(24)22-18-8-12-23(13-9-18)20(25)16-6-10-21-11-7-16/h2-7,10-11,18H,8-9,12-14H2,1H3,(H,22,24). The third kappa shape index (κ3) is 4.44. The third-order valence-corrected chi connectivity index (χ3v) is 4.69. The molecule has 2 amide bonds. The Bertz CT molecular complexity index is 738. The first-order chi connectivity index (χ1) is 12.1. The Morgan fingerprint density at radius 1 is 1.12 bits per heavy atom. The molecule has 0 saturated carbocycles. The maximum Gasteiger partial charge on any atom is 0.253 e. The van der Waals surface area contributed by atoms with E-state index in [1.54, 1.807) is 24.5 Å². The summed E-state index contributed by atoms with van der Waals surface area (Å²) >= 11 is 0. The predicted octanol–water partition coefficient (Wildman–Crippen LogP) is 2.35. The highest BCUT2D eigenvalue weighted by Crippen LogP contribution is 2.14. The lowest BCUT2D eigenvalue weighted by Gasteiger charge is -2.32. The van der Waals surface area contributed by atoms with E-state index in [4.69, 9.17) is 0 Å². The van der Waals surface area contributed by atoms with Gasteiger partial charge in [0.1, 0.15) is 0 Å². The van der Waals surface area contributed by atoms with Crippen LogP contribution < -0.4 is 5.32 Å². The summed E-state index contributed by atoms with van der Waals surface area (Å²) in [5, 5.41) is 3.11. The van der Waals surface area contributed by atoms with Crippen molar-refractivity contribution in [2.24, 2.45) is 0 Å². The second-order valence-electron chi connectivity index (χ2n) is 6.47. The zero-order valence-corrected chi connectivity index (χ0v) is 14.4. The summed E-state index contributed by atoms with van der Waals surface area (Å²) in [6.45, 7) is 3.35. The van der Waals surface area contributed by atoms with Gasteiger partial charge in [-0.3, -0.25) is 14.6 Å². The topological polar surface area (TPSA) is 62.3 Å². The quantitative estimate of drug-likeness (QED) is 0.931. The second-order valence-corrected chi connectivity index (χ2v) is 6.47. The maximum atomic E-state index is 12.4. The fraction of sp³-hybridized carbons (Fsp3) is 0.350. The van der Waals surface area contributed by atoms with Crippen LogP contribution in [0.4, 0.5) is 0 Å². The number of hydrogen-bond acceptors (Lipinski definition) is 3. The summed E-state index contributed by atoms with van der Waals surface area (Å²) in [5.74, 6) is 0.0836. The zero-order valence-electron chi connectivity index (χ0n) is 14.4. The van der Waals surface area contributed by atoms with Gasteiger partial charge in [-0.1, -0.05) is 24.3 Å². The molecule has 3 rings (SSSR count). The molecule has 0 atom stereocenters. The number of nitrogens with one attached hydrogen (secondary N) is 1. The Kier molecular flexibility index (Phi) is 5.43. The number of nitrogens with zero attached hydrogens (tertiary/aromatic N) is 2. The van der Waals surface area contributed by atoms with Crippen molar-refractivity contribution in [2.45, 2.75) is 32.2 Å². The van der Waals surface area contributed by atoms with E-state index in [1.807, 2.05) is 36.1 Å². The maximum absolute atomic E-state index is 12.4. The van der Waals surface area contributed by atoms with Gasteiger partial charge >= 0.3 is 0 Å². The molecular formula is C20H23N3O2. The Morgan fingerprint density at radius 3 is 2.48 bits per heavy atom. The number of amides is 2. The fourth-order valence-electron chi connectivity index (χ4n) is 3.16. The van der Waals surface area contributed by atoms with E-state index in [9.17, 15) is 9.59 Å². The normalized spacial score (nSPS) is 15.0. The van der Waals surface area contributed by atoms with Crippen molar-refractivity contribution in [1.82, 2.24) is 15.2 Å². The molecule has 1 aliphatic rings. The van der Waals surface area contributed by atoms with Gasteiger partial charge in [-0.2, -0.15) is 0 Å². The van der Waals surface area contributed by atoms with Crippen LogP contribution in [0.3, 0.4) is 0 Å². The number of hydrogen-bond donors (Lipinski definition) is 1. The number of carbonyl (C=O) groups is 2. The van der Waals surface area contributed by atoms with Gasteiger partial charge in [0.05, 0.1) is 6.42 Å². The molecule has 0 unspecified atom stereocenters. The van der Waals surface area contributed by atoms with Crippen LogP contribution in [0.25, 0.3) is 0 Å². The van der Waals surface area contributed by atoms with Gasteiger partial charge in [0.15, 0.2) is 0 Å². The third-order valence-electron chi connectivity index (χ3n) is 4.69. The number of aryl methyl sites for hydroxylation is 1. The minimum Gasteiger partial charge on any atom is -0.353 e. The summed E-state index contributed by atoms with van der Waals surface area (Å²) in [7, 11) is 0. The summed E-state index contributed by atoms with van der Waals surface area (Å²) in [4.78, 5) is 30.5. The Balaban J connectivity index is 1.48. The molecule has 0 bridgehead atoms. The molecule has 1 aliphatic heterocycles. The largest absolute Gasteiger partial charge is 0.353 e. The average Bonchev–Trinajstić information content (AvgIpc) is 2.64.